The van der Waals surface area contributed by atoms with E-state index in [9.17, 15) is 4.79 Å². The SMILES string of the molecule is CNc1ncn(Cc2cscn2)c(=O)n1. The van der Waals surface area contributed by atoms with Gasteiger partial charge in [-0.3, -0.25) is 4.57 Å². The van der Waals surface area contributed by atoms with Crippen LogP contribution in [-0.2, 0) is 6.54 Å². The molecule has 0 aromatic carbocycles. The van der Waals surface area contributed by atoms with E-state index in [-0.39, 0.29) is 5.69 Å². The number of rotatable bonds is 3. The molecule has 0 saturated heterocycles. The number of anilines is 1. The predicted octanol–water partition coefficient (Wildman–Crippen LogP) is 0.185. The van der Waals surface area contributed by atoms with Gasteiger partial charge in [0.1, 0.15) is 6.33 Å². The van der Waals surface area contributed by atoms with Gasteiger partial charge < -0.3 is 5.32 Å². The van der Waals surface area contributed by atoms with E-state index in [2.05, 4.69) is 20.3 Å². The number of nitrogens with zero attached hydrogens (tertiary/aromatic N) is 4. The molecule has 0 aliphatic carbocycles. The first-order valence-corrected chi connectivity index (χ1v) is 5.22. The lowest BCUT2D eigenvalue weighted by Crippen LogP contribution is -2.24. The fourth-order valence-electron chi connectivity index (χ4n) is 1.08. The topological polar surface area (TPSA) is 72.7 Å². The van der Waals surface area contributed by atoms with Gasteiger partial charge in [0, 0.05) is 12.4 Å². The second-order valence-electron chi connectivity index (χ2n) is 2.82. The van der Waals surface area contributed by atoms with E-state index in [4.69, 9.17) is 0 Å². The number of nitrogens with one attached hydrogen (secondary N) is 1. The van der Waals surface area contributed by atoms with Crippen molar-refractivity contribution in [3.63, 3.8) is 0 Å². The van der Waals surface area contributed by atoms with Crippen LogP contribution in [0.2, 0.25) is 0 Å². The minimum atomic E-state index is -0.331. The van der Waals surface area contributed by atoms with E-state index in [0.717, 1.165) is 5.69 Å². The first-order chi connectivity index (χ1) is 7.29. The highest BCUT2D eigenvalue weighted by atomic mass is 32.1. The zero-order valence-electron chi connectivity index (χ0n) is 8.04. The highest BCUT2D eigenvalue weighted by Gasteiger charge is 2.02. The van der Waals surface area contributed by atoms with Gasteiger partial charge >= 0.3 is 5.69 Å². The maximum Gasteiger partial charge on any atom is 0.352 e. The van der Waals surface area contributed by atoms with Crippen molar-refractivity contribution in [1.82, 2.24) is 19.5 Å². The Labute approximate surface area is 89.7 Å². The number of hydrogen-bond donors (Lipinski definition) is 1. The summed E-state index contributed by atoms with van der Waals surface area (Å²) in [6.07, 6.45) is 1.46. The lowest BCUT2D eigenvalue weighted by molar-refractivity contribution is 0.692. The van der Waals surface area contributed by atoms with Gasteiger partial charge in [0.2, 0.25) is 5.95 Å². The van der Waals surface area contributed by atoms with Gasteiger partial charge in [0.05, 0.1) is 17.7 Å². The number of aromatic nitrogens is 4. The Balaban J connectivity index is 2.26. The Bertz CT molecular complexity index is 492. The van der Waals surface area contributed by atoms with Gasteiger partial charge in [-0.1, -0.05) is 0 Å². The third-order valence-electron chi connectivity index (χ3n) is 1.81. The molecule has 0 aliphatic rings. The fraction of sp³-hybridized carbons (Fsp3) is 0.250. The molecule has 2 aromatic heterocycles. The van der Waals surface area contributed by atoms with E-state index in [0.29, 0.717) is 12.5 Å². The smallest absolute Gasteiger partial charge is 0.352 e. The molecule has 2 rings (SSSR count). The quantitative estimate of drug-likeness (QED) is 0.803. The van der Waals surface area contributed by atoms with Gasteiger partial charge in [0.25, 0.3) is 0 Å². The van der Waals surface area contributed by atoms with Crippen LogP contribution in [0.4, 0.5) is 5.95 Å². The summed E-state index contributed by atoms with van der Waals surface area (Å²) >= 11 is 1.49. The van der Waals surface area contributed by atoms with Crippen molar-refractivity contribution >= 4 is 17.3 Å². The van der Waals surface area contributed by atoms with Crippen LogP contribution in [0.5, 0.6) is 0 Å². The molecule has 0 fully saturated rings. The van der Waals surface area contributed by atoms with Crippen LogP contribution in [0.25, 0.3) is 0 Å². The largest absolute Gasteiger partial charge is 0.357 e. The van der Waals surface area contributed by atoms with Crippen molar-refractivity contribution < 1.29 is 0 Å². The van der Waals surface area contributed by atoms with Crippen LogP contribution in [-0.4, -0.2) is 26.6 Å². The molecule has 2 aromatic rings. The minimum absolute atomic E-state index is 0.328. The first kappa shape index (κ1) is 9.78. The van der Waals surface area contributed by atoms with Crippen molar-refractivity contribution in [2.75, 3.05) is 12.4 Å². The number of hydrogen-bond acceptors (Lipinski definition) is 6. The monoisotopic (exact) mass is 223 g/mol. The Morgan fingerprint density at radius 2 is 2.40 bits per heavy atom. The second-order valence-corrected chi connectivity index (χ2v) is 3.54. The molecule has 0 aliphatic heterocycles. The molecule has 0 spiro atoms. The van der Waals surface area contributed by atoms with Crippen LogP contribution in [0.3, 0.4) is 0 Å². The molecule has 15 heavy (non-hydrogen) atoms. The Morgan fingerprint density at radius 1 is 1.53 bits per heavy atom. The summed E-state index contributed by atoms with van der Waals surface area (Å²) in [5.41, 5.74) is 2.23. The molecule has 0 amide bonds. The van der Waals surface area contributed by atoms with E-state index >= 15 is 0 Å². The highest BCUT2D eigenvalue weighted by molar-refractivity contribution is 7.07. The van der Waals surface area contributed by atoms with E-state index in [1.807, 2.05) is 5.38 Å². The summed E-state index contributed by atoms with van der Waals surface area (Å²) in [6, 6.07) is 0. The summed E-state index contributed by atoms with van der Waals surface area (Å²) < 4.78 is 1.41. The van der Waals surface area contributed by atoms with Crippen LogP contribution in [0, 0.1) is 0 Å². The van der Waals surface area contributed by atoms with Gasteiger partial charge in [-0.15, -0.1) is 11.3 Å². The fourth-order valence-corrected chi connectivity index (χ4v) is 1.63. The molecule has 7 heteroatoms. The summed E-state index contributed by atoms with van der Waals surface area (Å²) in [7, 11) is 1.67. The lowest BCUT2D eigenvalue weighted by Gasteiger charge is -2.02. The summed E-state index contributed by atoms with van der Waals surface area (Å²) in [5, 5.41) is 4.59. The molecule has 2 heterocycles. The number of thiazole rings is 1. The zero-order chi connectivity index (χ0) is 10.7. The van der Waals surface area contributed by atoms with Gasteiger partial charge in [-0.2, -0.15) is 4.98 Å². The molecule has 0 unspecified atom stereocenters. The third kappa shape index (κ3) is 2.18. The Hall–Kier alpha value is -1.76. The average Bonchev–Trinajstić information content (AvgIpc) is 2.74. The molecule has 78 valence electrons. The summed E-state index contributed by atoms with van der Waals surface area (Å²) in [4.78, 5) is 23.2. The minimum Gasteiger partial charge on any atom is -0.357 e. The molecule has 0 saturated carbocycles. The Morgan fingerprint density at radius 3 is 3.00 bits per heavy atom. The molecule has 1 N–H and O–H groups in total. The van der Waals surface area contributed by atoms with Gasteiger partial charge in [-0.05, 0) is 0 Å². The van der Waals surface area contributed by atoms with E-state index in [1.165, 1.54) is 22.2 Å². The normalized spacial score (nSPS) is 10.2. The van der Waals surface area contributed by atoms with Gasteiger partial charge in [0.15, 0.2) is 0 Å². The van der Waals surface area contributed by atoms with Crippen molar-refractivity contribution in [1.29, 1.82) is 0 Å². The van der Waals surface area contributed by atoms with Crippen LogP contribution < -0.4 is 11.0 Å². The van der Waals surface area contributed by atoms with Crippen LogP contribution in [0.1, 0.15) is 5.69 Å². The first-order valence-electron chi connectivity index (χ1n) is 4.28. The van der Waals surface area contributed by atoms with Crippen molar-refractivity contribution in [2.24, 2.45) is 0 Å². The van der Waals surface area contributed by atoms with Crippen molar-refractivity contribution in [3.8, 4) is 0 Å². The molecule has 0 radical (unpaired) electrons. The lowest BCUT2D eigenvalue weighted by atomic mass is 10.5. The van der Waals surface area contributed by atoms with Crippen LogP contribution >= 0.6 is 11.3 Å². The second kappa shape index (κ2) is 4.18. The van der Waals surface area contributed by atoms with E-state index < -0.39 is 0 Å². The zero-order valence-corrected chi connectivity index (χ0v) is 8.86. The maximum atomic E-state index is 11.5. The Kier molecular flexibility index (Phi) is 2.72. The highest BCUT2D eigenvalue weighted by Crippen LogP contribution is 2.01. The van der Waals surface area contributed by atoms with Gasteiger partial charge in [-0.25, -0.2) is 14.8 Å². The van der Waals surface area contributed by atoms with Crippen molar-refractivity contribution in [2.45, 2.75) is 6.54 Å². The molecule has 0 atom stereocenters. The summed E-state index contributed by atoms with van der Waals surface area (Å²) in [5.74, 6) is 0.328. The van der Waals surface area contributed by atoms with E-state index in [1.54, 1.807) is 12.6 Å². The molecule has 6 nitrogen and oxygen atoms in total. The molecular weight excluding hydrogens is 214 g/mol. The molecule has 0 bridgehead atoms. The standard InChI is InChI=1S/C8H9N5OS/c1-9-7-10-4-13(8(14)12-7)2-6-3-15-5-11-6/h3-5H,2H2,1H3,(H,9,12,14). The third-order valence-corrected chi connectivity index (χ3v) is 2.44. The summed E-state index contributed by atoms with van der Waals surface area (Å²) in [6.45, 7) is 0.409. The predicted molar refractivity (Wildman–Crippen MR) is 57.1 cm³/mol. The molecular formula is C8H9N5OS. The maximum absolute atomic E-state index is 11.5. The average molecular weight is 223 g/mol. The van der Waals surface area contributed by atoms with Crippen molar-refractivity contribution in [3.05, 3.63) is 33.4 Å². The van der Waals surface area contributed by atoms with Crippen LogP contribution in [0.15, 0.2) is 22.0 Å².